The molecular formula is C11H19N3O. The molecule has 84 valence electrons. The van der Waals surface area contributed by atoms with Gasteiger partial charge in [0.2, 0.25) is 0 Å². The second-order valence-electron chi connectivity index (χ2n) is 4.32. The lowest BCUT2D eigenvalue weighted by molar-refractivity contribution is 0.161. The van der Waals surface area contributed by atoms with Gasteiger partial charge in [-0.05, 0) is 31.7 Å². The van der Waals surface area contributed by atoms with E-state index in [2.05, 4.69) is 10.4 Å². The molecule has 0 radical (unpaired) electrons. The van der Waals surface area contributed by atoms with Gasteiger partial charge in [-0.2, -0.15) is 5.10 Å². The Balaban J connectivity index is 1.65. The highest BCUT2D eigenvalue weighted by Gasteiger charge is 2.21. The van der Waals surface area contributed by atoms with Crippen LogP contribution in [-0.2, 0) is 13.5 Å². The third kappa shape index (κ3) is 3.32. The minimum atomic E-state index is -0.236. The van der Waals surface area contributed by atoms with Gasteiger partial charge < -0.3 is 10.4 Å². The lowest BCUT2D eigenvalue weighted by Gasteiger charge is -2.11. The van der Waals surface area contributed by atoms with Crippen LogP contribution in [0.5, 0.6) is 0 Å². The van der Waals surface area contributed by atoms with E-state index < -0.39 is 0 Å². The van der Waals surface area contributed by atoms with Crippen molar-refractivity contribution < 1.29 is 5.11 Å². The Morgan fingerprint density at radius 2 is 2.47 bits per heavy atom. The molecule has 1 aliphatic carbocycles. The van der Waals surface area contributed by atoms with Crippen LogP contribution in [0.25, 0.3) is 0 Å². The van der Waals surface area contributed by atoms with E-state index in [0.717, 1.165) is 19.4 Å². The SMILES string of the molecule is Cn1nccc1CCC(O)CNC1CC1. The van der Waals surface area contributed by atoms with Crippen molar-refractivity contribution in [2.45, 2.75) is 37.8 Å². The van der Waals surface area contributed by atoms with Crippen molar-refractivity contribution in [3.8, 4) is 0 Å². The van der Waals surface area contributed by atoms with Gasteiger partial charge in [0, 0.05) is 31.5 Å². The summed E-state index contributed by atoms with van der Waals surface area (Å²) in [7, 11) is 1.93. The number of aliphatic hydroxyl groups excluding tert-OH is 1. The minimum absolute atomic E-state index is 0.236. The van der Waals surface area contributed by atoms with Crippen molar-refractivity contribution in [3.05, 3.63) is 18.0 Å². The number of aliphatic hydroxyl groups is 1. The molecule has 0 spiro atoms. The number of hydrogen-bond donors (Lipinski definition) is 2. The van der Waals surface area contributed by atoms with Gasteiger partial charge in [0.15, 0.2) is 0 Å². The highest BCUT2D eigenvalue weighted by Crippen LogP contribution is 2.18. The number of nitrogens with zero attached hydrogens (tertiary/aromatic N) is 2. The molecule has 0 bridgehead atoms. The van der Waals surface area contributed by atoms with Crippen LogP contribution in [0, 0.1) is 0 Å². The molecule has 2 rings (SSSR count). The van der Waals surface area contributed by atoms with E-state index in [-0.39, 0.29) is 6.10 Å². The maximum Gasteiger partial charge on any atom is 0.0668 e. The van der Waals surface area contributed by atoms with Gasteiger partial charge in [0.25, 0.3) is 0 Å². The van der Waals surface area contributed by atoms with Crippen LogP contribution >= 0.6 is 0 Å². The maximum atomic E-state index is 9.72. The summed E-state index contributed by atoms with van der Waals surface area (Å²) >= 11 is 0. The van der Waals surface area contributed by atoms with Gasteiger partial charge in [0.05, 0.1) is 6.10 Å². The first-order valence-electron chi connectivity index (χ1n) is 5.64. The van der Waals surface area contributed by atoms with Crippen LogP contribution < -0.4 is 5.32 Å². The highest BCUT2D eigenvalue weighted by atomic mass is 16.3. The fourth-order valence-electron chi connectivity index (χ4n) is 1.65. The summed E-state index contributed by atoms with van der Waals surface area (Å²) in [6.07, 6.45) is 5.80. The Labute approximate surface area is 90.3 Å². The third-order valence-corrected chi connectivity index (χ3v) is 2.88. The molecule has 0 amide bonds. The average Bonchev–Trinajstić information content (AvgIpc) is 2.96. The third-order valence-electron chi connectivity index (χ3n) is 2.88. The monoisotopic (exact) mass is 209 g/mol. The molecule has 1 heterocycles. The predicted octanol–water partition coefficient (Wildman–Crippen LogP) is 0.466. The lowest BCUT2D eigenvalue weighted by atomic mass is 10.1. The van der Waals surface area contributed by atoms with Gasteiger partial charge in [0.1, 0.15) is 0 Å². The summed E-state index contributed by atoms with van der Waals surface area (Å²) in [5.41, 5.74) is 1.18. The molecule has 4 nitrogen and oxygen atoms in total. The quantitative estimate of drug-likeness (QED) is 0.716. The molecule has 1 aliphatic rings. The van der Waals surface area contributed by atoms with E-state index in [9.17, 15) is 5.11 Å². The van der Waals surface area contributed by atoms with Gasteiger partial charge >= 0.3 is 0 Å². The lowest BCUT2D eigenvalue weighted by Crippen LogP contribution is -2.28. The van der Waals surface area contributed by atoms with Crippen LogP contribution in [-0.4, -0.2) is 33.6 Å². The summed E-state index contributed by atoms with van der Waals surface area (Å²) in [6, 6.07) is 2.68. The Morgan fingerprint density at radius 1 is 1.67 bits per heavy atom. The first kappa shape index (κ1) is 10.6. The van der Waals surface area contributed by atoms with Crippen molar-refractivity contribution in [2.24, 2.45) is 7.05 Å². The highest BCUT2D eigenvalue weighted by molar-refractivity contribution is 5.00. The Bertz CT molecular complexity index is 307. The van der Waals surface area contributed by atoms with Crippen molar-refractivity contribution in [1.29, 1.82) is 0 Å². The van der Waals surface area contributed by atoms with E-state index in [1.165, 1.54) is 18.5 Å². The first-order chi connectivity index (χ1) is 7.25. The zero-order chi connectivity index (χ0) is 10.7. The van der Waals surface area contributed by atoms with Gasteiger partial charge in [-0.15, -0.1) is 0 Å². The van der Waals surface area contributed by atoms with Crippen molar-refractivity contribution in [3.63, 3.8) is 0 Å². The smallest absolute Gasteiger partial charge is 0.0668 e. The average molecular weight is 209 g/mol. The molecule has 1 atom stereocenters. The second-order valence-corrected chi connectivity index (χ2v) is 4.32. The molecule has 0 aliphatic heterocycles. The number of aryl methyl sites for hydroxylation is 2. The van der Waals surface area contributed by atoms with Crippen molar-refractivity contribution in [1.82, 2.24) is 15.1 Å². The molecule has 15 heavy (non-hydrogen) atoms. The molecule has 2 N–H and O–H groups in total. The summed E-state index contributed by atoms with van der Waals surface area (Å²) in [5, 5.41) is 17.2. The molecule has 1 aromatic heterocycles. The fraction of sp³-hybridized carbons (Fsp3) is 0.727. The number of hydrogen-bond acceptors (Lipinski definition) is 3. The molecule has 1 fully saturated rings. The Kier molecular flexibility index (Phi) is 3.38. The predicted molar refractivity (Wildman–Crippen MR) is 58.6 cm³/mol. The van der Waals surface area contributed by atoms with Crippen LogP contribution in [0.1, 0.15) is 25.0 Å². The van der Waals surface area contributed by atoms with Gasteiger partial charge in [-0.1, -0.05) is 0 Å². The fourth-order valence-corrected chi connectivity index (χ4v) is 1.65. The van der Waals surface area contributed by atoms with E-state index in [1.54, 1.807) is 6.20 Å². The number of nitrogens with one attached hydrogen (secondary N) is 1. The topological polar surface area (TPSA) is 50.1 Å². The first-order valence-corrected chi connectivity index (χ1v) is 5.64. The Hall–Kier alpha value is -0.870. The molecule has 1 unspecified atom stereocenters. The molecule has 4 heteroatoms. The molecular weight excluding hydrogens is 190 g/mol. The van der Waals surface area contributed by atoms with E-state index in [0.29, 0.717) is 6.04 Å². The summed E-state index contributed by atoms with van der Waals surface area (Å²) in [4.78, 5) is 0. The number of aromatic nitrogens is 2. The molecule has 1 saturated carbocycles. The maximum absolute atomic E-state index is 9.72. The van der Waals surface area contributed by atoms with Crippen LogP contribution in [0.15, 0.2) is 12.3 Å². The number of rotatable bonds is 6. The zero-order valence-corrected chi connectivity index (χ0v) is 9.19. The van der Waals surface area contributed by atoms with E-state index in [4.69, 9.17) is 0 Å². The molecule has 1 aromatic rings. The van der Waals surface area contributed by atoms with Crippen LogP contribution in [0.3, 0.4) is 0 Å². The van der Waals surface area contributed by atoms with Crippen LogP contribution in [0.2, 0.25) is 0 Å². The Morgan fingerprint density at radius 3 is 3.07 bits per heavy atom. The standard InChI is InChI=1S/C11H19N3O/c1-14-10(6-7-13-14)4-5-11(15)8-12-9-2-3-9/h6-7,9,11-12,15H,2-5,8H2,1H3. The van der Waals surface area contributed by atoms with Gasteiger partial charge in [-0.25, -0.2) is 0 Å². The summed E-state index contributed by atoms with van der Waals surface area (Å²) < 4.78 is 1.86. The van der Waals surface area contributed by atoms with E-state index >= 15 is 0 Å². The molecule has 0 aromatic carbocycles. The summed E-state index contributed by atoms with van der Waals surface area (Å²) in [6.45, 7) is 0.725. The van der Waals surface area contributed by atoms with E-state index in [1.807, 2.05) is 17.8 Å². The van der Waals surface area contributed by atoms with Crippen molar-refractivity contribution >= 4 is 0 Å². The minimum Gasteiger partial charge on any atom is -0.392 e. The second kappa shape index (κ2) is 4.77. The zero-order valence-electron chi connectivity index (χ0n) is 9.19. The largest absolute Gasteiger partial charge is 0.392 e. The van der Waals surface area contributed by atoms with Crippen LogP contribution in [0.4, 0.5) is 0 Å². The van der Waals surface area contributed by atoms with Crippen molar-refractivity contribution in [2.75, 3.05) is 6.54 Å². The molecule has 0 saturated heterocycles. The summed E-state index contributed by atoms with van der Waals surface area (Å²) in [5.74, 6) is 0. The van der Waals surface area contributed by atoms with Gasteiger partial charge in [-0.3, -0.25) is 4.68 Å². The normalized spacial score (nSPS) is 18.0.